The largest absolute Gasteiger partial charge is 0.286 e. The average molecular weight is 489 g/mol. The summed E-state index contributed by atoms with van der Waals surface area (Å²) in [6.07, 6.45) is 0.303. The fourth-order valence-electron chi connectivity index (χ4n) is 4.30. The summed E-state index contributed by atoms with van der Waals surface area (Å²) in [4.78, 5) is 20.3. The minimum atomic E-state index is 0.0135. The van der Waals surface area contributed by atoms with Gasteiger partial charge in [-0.05, 0) is 60.9 Å². The molecule has 7 heteroatoms. The van der Waals surface area contributed by atoms with Crippen molar-refractivity contribution in [3.63, 3.8) is 0 Å². The molecule has 0 aliphatic carbocycles. The molecule has 0 radical (unpaired) electrons. The van der Waals surface area contributed by atoms with Gasteiger partial charge in [-0.1, -0.05) is 65.4 Å². The van der Waals surface area contributed by atoms with Crippen LogP contribution in [0.4, 0.5) is 5.13 Å². The summed E-state index contributed by atoms with van der Waals surface area (Å²) < 4.78 is 2.93. The Morgan fingerprint density at radius 1 is 1.03 bits per heavy atom. The third-order valence-electron chi connectivity index (χ3n) is 5.98. The van der Waals surface area contributed by atoms with E-state index in [1.165, 1.54) is 16.7 Å². The van der Waals surface area contributed by atoms with Gasteiger partial charge in [-0.25, -0.2) is 4.98 Å². The fourth-order valence-corrected chi connectivity index (χ4v) is 5.76. The molecule has 0 saturated heterocycles. The first-order valence-electron chi connectivity index (χ1n) is 11.2. The smallest absolute Gasteiger partial charge is 0.233 e. The number of anilines is 1. The van der Waals surface area contributed by atoms with Crippen LogP contribution in [-0.4, -0.2) is 27.2 Å². The number of carbonyl (C=O) groups is 1. The molecule has 0 N–H and O–H groups in total. The fraction of sp³-hybridized carbons (Fsp3) is 0.222. The van der Waals surface area contributed by atoms with E-state index in [1.54, 1.807) is 4.90 Å². The highest BCUT2D eigenvalue weighted by Gasteiger charge is 2.21. The van der Waals surface area contributed by atoms with Crippen LogP contribution in [-0.2, 0) is 17.8 Å². The Kier molecular flexibility index (Phi) is 6.11. The molecule has 3 aromatic carbocycles. The molecule has 0 bridgehead atoms. The summed E-state index contributed by atoms with van der Waals surface area (Å²) in [5.41, 5.74) is 4.92. The number of benzene rings is 3. The van der Waals surface area contributed by atoms with Crippen molar-refractivity contribution in [1.82, 2.24) is 14.8 Å². The summed E-state index contributed by atoms with van der Waals surface area (Å²) in [5, 5.41) is 8.23. The molecule has 0 spiro atoms. The van der Waals surface area contributed by atoms with Gasteiger partial charge in [0.25, 0.3) is 0 Å². The number of nitrogens with zero attached hydrogens (tertiary/aromatic N) is 4. The van der Waals surface area contributed by atoms with Gasteiger partial charge in [0.2, 0.25) is 5.91 Å². The second-order valence-electron chi connectivity index (χ2n) is 8.62. The molecular weight excluding hydrogens is 464 g/mol. The van der Waals surface area contributed by atoms with Crippen LogP contribution >= 0.6 is 22.9 Å². The summed E-state index contributed by atoms with van der Waals surface area (Å²) in [6.45, 7) is 7.09. The average Bonchev–Trinajstić information content (AvgIpc) is 3.36. The molecule has 0 unspecified atom stereocenters. The number of rotatable bonds is 6. The number of thiazole rings is 1. The van der Waals surface area contributed by atoms with Crippen LogP contribution < -0.4 is 4.90 Å². The molecule has 34 heavy (non-hydrogen) atoms. The van der Waals surface area contributed by atoms with E-state index in [0.717, 1.165) is 38.1 Å². The van der Waals surface area contributed by atoms with Crippen molar-refractivity contribution in [3.8, 4) is 0 Å². The summed E-state index contributed by atoms with van der Waals surface area (Å²) >= 11 is 7.78. The lowest BCUT2D eigenvalue weighted by molar-refractivity contribution is -0.118. The second-order valence-corrected chi connectivity index (χ2v) is 10.1. The first-order chi connectivity index (χ1) is 16.4. The van der Waals surface area contributed by atoms with Crippen molar-refractivity contribution in [1.29, 1.82) is 0 Å². The Hall–Kier alpha value is -3.22. The van der Waals surface area contributed by atoms with Gasteiger partial charge in [-0.15, -0.1) is 0 Å². The highest BCUT2D eigenvalue weighted by Crippen LogP contribution is 2.33. The predicted molar refractivity (Wildman–Crippen MR) is 141 cm³/mol. The van der Waals surface area contributed by atoms with Crippen molar-refractivity contribution in [2.24, 2.45) is 0 Å². The number of aromatic nitrogens is 3. The molecule has 5 nitrogen and oxygen atoms in total. The number of hydrogen-bond donors (Lipinski definition) is 0. The van der Waals surface area contributed by atoms with E-state index in [-0.39, 0.29) is 5.91 Å². The van der Waals surface area contributed by atoms with Gasteiger partial charge < -0.3 is 0 Å². The molecule has 1 amide bonds. The Bertz CT molecular complexity index is 1520. The van der Waals surface area contributed by atoms with Crippen LogP contribution in [0.3, 0.4) is 0 Å². The van der Waals surface area contributed by atoms with E-state index < -0.39 is 0 Å². The van der Waals surface area contributed by atoms with Gasteiger partial charge in [0.1, 0.15) is 0 Å². The Morgan fingerprint density at radius 2 is 1.82 bits per heavy atom. The molecule has 172 valence electrons. The number of amides is 1. The van der Waals surface area contributed by atoms with E-state index in [2.05, 4.69) is 29.4 Å². The normalized spacial score (nSPS) is 11.4. The lowest BCUT2D eigenvalue weighted by atomic mass is 10.0. The summed E-state index contributed by atoms with van der Waals surface area (Å²) in [5.74, 6) is 0.0135. The van der Waals surface area contributed by atoms with Gasteiger partial charge in [0, 0.05) is 17.3 Å². The molecule has 0 fully saturated rings. The van der Waals surface area contributed by atoms with E-state index >= 15 is 0 Å². The molecule has 5 rings (SSSR count). The third-order valence-corrected chi connectivity index (χ3v) is 7.22. The first kappa shape index (κ1) is 22.6. The zero-order chi connectivity index (χ0) is 23.8. The lowest BCUT2D eigenvalue weighted by Crippen LogP contribution is -2.35. The Balaban J connectivity index is 1.47. The van der Waals surface area contributed by atoms with Crippen LogP contribution in [0.2, 0.25) is 5.02 Å². The lowest BCUT2D eigenvalue weighted by Gasteiger charge is -2.20. The minimum Gasteiger partial charge on any atom is -0.286 e. The quantitative estimate of drug-likeness (QED) is 0.274. The number of hydrogen-bond acceptors (Lipinski definition) is 4. The monoisotopic (exact) mass is 488 g/mol. The summed E-state index contributed by atoms with van der Waals surface area (Å²) in [7, 11) is 0. The van der Waals surface area contributed by atoms with Crippen molar-refractivity contribution >= 4 is 55.0 Å². The minimum absolute atomic E-state index is 0.0135. The van der Waals surface area contributed by atoms with Gasteiger partial charge in [0.05, 0.1) is 28.9 Å². The molecule has 0 aliphatic rings. The maximum atomic E-state index is 13.6. The van der Waals surface area contributed by atoms with E-state index in [1.807, 2.05) is 61.9 Å². The Labute approximate surface area is 207 Å². The maximum absolute atomic E-state index is 13.6. The van der Waals surface area contributed by atoms with Crippen LogP contribution in [0.1, 0.15) is 22.5 Å². The first-order valence-corrected chi connectivity index (χ1v) is 12.4. The van der Waals surface area contributed by atoms with E-state index in [0.29, 0.717) is 29.7 Å². The van der Waals surface area contributed by atoms with Crippen molar-refractivity contribution < 1.29 is 4.79 Å². The van der Waals surface area contributed by atoms with Crippen LogP contribution in [0.15, 0.2) is 60.7 Å². The third kappa shape index (κ3) is 4.56. The van der Waals surface area contributed by atoms with Gasteiger partial charge in [-0.3, -0.25) is 14.4 Å². The highest BCUT2D eigenvalue weighted by molar-refractivity contribution is 7.22. The van der Waals surface area contributed by atoms with Crippen molar-refractivity contribution in [2.45, 2.75) is 33.7 Å². The van der Waals surface area contributed by atoms with Gasteiger partial charge in [0.15, 0.2) is 5.13 Å². The highest BCUT2D eigenvalue weighted by atomic mass is 35.5. The van der Waals surface area contributed by atoms with Crippen molar-refractivity contribution in [3.05, 3.63) is 88.2 Å². The second kappa shape index (κ2) is 9.20. The molecular formula is C27H25ClN4OS. The number of carbonyl (C=O) groups excluding carboxylic acids is 1. The molecule has 0 aliphatic heterocycles. The van der Waals surface area contributed by atoms with Gasteiger partial charge >= 0.3 is 0 Å². The van der Waals surface area contributed by atoms with E-state index in [9.17, 15) is 4.79 Å². The number of fused-ring (bicyclic) bond motifs is 2. The van der Waals surface area contributed by atoms with Gasteiger partial charge in [-0.2, -0.15) is 5.10 Å². The molecule has 0 saturated carbocycles. The molecule has 2 aromatic heterocycles. The molecule has 5 aromatic rings. The topological polar surface area (TPSA) is 51.0 Å². The number of aryl methyl sites for hydroxylation is 3. The van der Waals surface area contributed by atoms with Crippen LogP contribution in [0.5, 0.6) is 0 Å². The van der Waals surface area contributed by atoms with E-state index in [4.69, 9.17) is 16.6 Å². The van der Waals surface area contributed by atoms with Crippen LogP contribution in [0.25, 0.3) is 21.0 Å². The molecule has 2 heterocycles. The SMILES string of the molecule is Cc1cc(C)n(CCN(C(=O)Cc2ccc3ccccc3c2)c2nc3c(C)cc(Cl)cc3s2)n1. The molecule has 0 atom stereocenters. The zero-order valence-electron chi connectivity index (χ0n) is 19.4. The maximum Gasteiger partial charge on any atom is 0.233 e. The zero-order valence-corrected chi connectivity index (χ0v) is 21.0. The summed E-state index contributed by atoms with van der Waals surface area (Å²) in [6, 6.07) is 20.3. The van der Waals surface area contributed by atoms with Crippen molar-refractivity contribution in [2.75, 3.05) is 11.4 Å². The number of halogens is 1. The Morgan fingerprint density at radius 3 is 2.59 bits per heavy atom. The standard InChI is InChI=1S/C27H25ClN4OS/c1-17-12-23(28)16-24-26(17)29-27(34-24)31(10-11-32-19(3)13-18(2)30-32)25(33)15-20-8-9-21-6-4-5-7-22(21)14-20/h4-9,12-14,16H,10-11,15H2,1-3H3. The van der Waals surface area contributed by atoms with Crippen LogP contribution in [0, 0.1) is 20.8 Å². The predicted octanol–water partition coefficient (Wildman–Crippen LogP) is 6.50.